The van der Waals surface area contributed by atoms with Crippen LogP contribution in [0.2, 0.25) is 0 Å². The number of nitrogens with one attached hydrogen (secondary N) is 1. The van der Waals surface area contributed by atoms with E-state index in [1.54, 1.807) is 0 Å². The third-order valence-electron chi connectivity index (χ3n) is 4.90. The van der Waals surface area contributed by atoms with Crippen molar-refractivity contribution in [1.82, 2.24) is 10.2 Å². The van der Waals surface area contributed by atoms with Crippen molar-refractivity contribution in [3.05, 3.63) is 0 Å². The number of hydrogen-bond acceptors (Lipinski definition) is 2. The van der Waals surface area contributed by atoms with E-state index >= 15 is 0 Å². The molecule has 0 spiro atoms. The molecule has 1 aliphatic carbocycles. The van der Waals surface area contributed by atoms with Gasteiger partial charge in [0.15, 0.2) is 0 Å². The highest BCUT2D eigenvalue weighted by atomic mass is 15.1. The molecule has 1 saturated carbocycles. The van der Waals surface area contributed by atoms with E-state index in [1.165, 1.54) is 45.4 Å². The van der Waals surface area contributed by atoms with Gasteiger partial charge in [-0.3, -0.25) is 0 Å². The summed E-state index contributed by atoms with van der Waals surface area (Å²) in [4.78, 5) is 2.57. The molecule has 0 radical (unpaired) electrons. The Morgan fingerprint density at radius 3 is 2.59 bits per heavy atom. The van der Waals surface area contributed by atoms with Crippen LogP contribution in [0.3, 0.4) is 0 Å². The molecule has 0 aromatic rings. The van der Waals surface area contributed by atoms with Crippen LogP contribution < -0.4 is 5.32 Å². The van der Waals surface area contributed by atoms with Crippen molar-refractivity contribution in [1.29, 1.82) is 0 Å². The molecule has 1 aliphatic heterocycles. The van der Waals surface area contributed by atoms with Gasteiger partial charge in [0.1, 0.15) is 0 Å². The van der Waals surface area contributed by atoms with E-state index < -0.39 is 0 Å². The molecular formula is C15H30N2. The summed E-state index contributed by atoms with van der Waals surface area (Å²) in [5.74, 6) is 2.83. The molecule has 2 aliphatic rings. The average molecular weight is 238 g/mol. The second kappa shape index (κ2) is 5.27. The molecule has 0 bridgehead atoms. The Hall–Kier alpha value is -0.0800. The molecule has 0 amide bonds. The molecule has 0 aromatic carbocycles. The Bertz CT molecular complexity index is 243. The third-order valence-corrected chi connectivity index (χ3v) is 4.90. The Morgan fingerprint density at radius 1 is 1.35 bits per heavy atom. The maximum atomic E-state index is 3.56. The van der Waals surface area contributed by atoms with Crippen LogP contribution in [-0.4, -0.2) is 38.1 Å². The number of piperidine rings is 1. The normalized spacial score (nSPS) is 34.1. The van der Waals surface area contributed by atoms with Crippen LogP contribution in [0.1, 0.15) is 40.0 Å². The molecule has 2 rings (SSSR count). The fraction of sp³-hybridized carbons (Fsp3) is 1.00. The molecule has 1 N–H and O–H groups in total. The van der Waals surface area contributed by atoms with E-state index in [0.717, 1.165) is 17.8 Å². The van der Waals surface area contributed by atoms with Gasteiger partial charge in [-0.05, 0) is 62.6 Å². The zero-order valence-corrected chi connectivity index (χ0v) is 12.1. The molecule has 2 nitrogen and oxygen atoms in total. The van der Waals surface area contributed by atoms with E-state index in [0.29, 0.717) is 5.41 Å². The van der Waals surface area contributed by atoms with E-state index in [4.69, 9.17) is 0 Å². The Labute approximate surface area is 107 Å². The molecule has 17 heavy (non-hydrogen) atoms. The molecule has 3 unspecified atom stereocenters. The lowest BCUT2D eigenvalue weighted by Gasteiger charge is -2.40. The fourth-order valence-electron chi connectivity index (χ4n) is 3.46. The molecule has 2 heteroatoms. The van der Waals surface area contributed by atoms with Crippen molar-refractivity contribution >= 4 is 0 Å². The predicted molar refractivity (Wildman–Crippen MR) is 74.1 cm³/mol. The molecule has 1 saturated heterocycles. The standard InChI is InChI=1S/C15H30N2/c1-12-8-13(12)10-17(4)11-15(2,3)14-6-5-7-16-9-14/h12-14,16H,5-11H2,1-4H3. The summed E-state index contributed by atoms with van der Waals surface area (Å²) in [7, 11) is 2.31. The molecule has 0 aromatic heterocycles. The van der Waals surface area contributed by atoms with Gasteiger partial charge in [-0.2, -0.15) is 0 Å². The number of nitrogens with zero attached hydrogens (tertiary/aromatic N) is 1. The van der Waals surface area contributed by atoms with Crippen LogP contribution in [-0.2, 0) is 0 Å². The maximum Gasteiger partial charge on any atom is 0.00329 e. The second-order valence-corrected chi connectivity index (χ2v) is 7.20. The van der Waals surface area contributed by atoms with E-state index in [-0.39, 0.29) is 0 Å². The highest BCUT2D eigenvalue weighted by Gasteiger charge is 2.36. The smallest absolute Gasteiger partial charge is 0.00329 e. The van der Waals surface area contributed by atoms with Gasteiger partial charge in [-0.1, -0.05) is 20.8 Å². The summed E-state index contributed by atoms with van der Waals surface area (Å²) in [6.45, 7) is 12.3. The average Bonchev–Trinajstić information content (AvgIpc) is 2.94. The monoisotopic (exact) mass is 238 g/mol. The van der Waals surface area contributed by atoms with Crippen LogP contribution in [0.25, 0.3) is 0 Å². The van der Waals surface area contributed by atoms with Gasteiger partial charge in [-0.25, -0.2) is 0 Å². The first-order valence-electron chi connectivity index (χ1n) is 7.38. The van der Waals surface area contributed by atoms with Gasteiger partial charge >= 0.3 is 0 Å². The maximum absolute atomic E-state index is 3.56. The van der Waals surface area contributed by atoms with Gasteiger partial charge in [0.05, 0.1) is 0 Å². The van der Waals surface area contributed by atoms with Crippen LogP contribution >= 0.6 is 0 Å². The van der Waals surface area contributed by atoms with Crippen LogP contribution in [0, 0.1) is 23.2 Å². The minimum Gasteiger partial charge on any atom is -0.316 e. The lowest BCUT2D eigenvalue weighted by atomic mass is 9.74. The SMILES string of the molecule is CC1CC1CN(C)CC(C)(C)C1CCCNC1. The minimum atomic E-state index is 0.459. The van der Waals surface area contributed by atoms with Gasteiger partial charge in [0.25, 0.3) is 0 Å². The summed E-state index contributed by atoms with van der Waals surface area (Å²) in [6.07, 6.45) is 4.22. The zero-order valence-electron chi connectivity index (χ0n) is 12.1. The number of rotatable bonds is 5. The summed E-state index contributed by atoms with van der Waals surface area (Å²) in [5, 5.41) is 3.56. The van der Waals surface area contributed by atoms with Crippen molar-refractivity contribution in [3.8, 4) is 0 Å². The van der Waals surface area contributed by atoms with E-state index in [2.05, 4.69) is 38.0 Å². The first-order chi connectivity index (χ1) is 7.99. The Morgan fingerprint density at radius 2 is 2.06 bits per heavy atom. The quantitative estimate of drug-likeness (QED) is 0.792. The molecule has 100 valence electrons. The van der Waals surface area contributed by atoms with Crippen molar-refractivity contribution < 1.29 is 0 Å². The lowest BCUT2D eigenvalue weighted by molar-refractivity contribution is 0.111. The summed E-state index contributed by atoms with van der Waals surface area (Å²) < 4.78 is 0. The largest absolute Gasteiger partial charge is 0.316 e. The summed E-state index contributed by atoms with van der Waals surface area (Å²) >= 11 is 0. The Kier molecular flexibility index (Phi) is 4.14. The van der Waals surface area contributed by atoms with Crippen molar-refractivity contribution in [3.63, 3.8) is 0 Å². The van der Waals surface area contributed by atoms with Gasteiger partial charge in [-0.15, -0.1) is 0 Å². The fourth-order valence-corrected chi connectivity index (χ4v) is 3.46. The molecule has 3 atom stereocenters. The molecule has 2 fully saturated rings. The van der Waals surface area contributed by atoms with Crippen LogP contribution in [0.15, 0.2) is 0 Å². The van der Waals surface area contributed by atoms with Crippen molar-refractivity contribution in [2.75, 3.05) is 33.2 Å². The van der Waals surface area contributed by atoms with Gasteiger partial charge in [0, 0.05) is 13.1 Å². The summed E-state index contributed by atoms with van der Waals surface area (Å²) in [6, 6.07) is 0. The first kappa shape index (κ1) is 13.4. The zero-order chi connectivity index (χ0) is 12.5. The van der Waals surface area contributed by atoms with E-state index in [9.17, 15) is 0 Å². The van der Waals surface area contributed by atoms with E-state index in [1.807, 2.05) is 0 Å². The molecular weight excluding hydrogens is 208 g/mol. The predicted octanol–water partition coefficient (Wildman–Crippen LogP) is 2.60. The van der Waals surface area contributed by atoms with Gasteiger partial charge in [0.2, 0.25) is 0 Å². The van der Waals surface area contributed by atoms with Crippen LogP contribution in [0.5, 0.6) is 0 Å². The second-order valence-electron chi connectivity index (χ2n) is 7.20. The highest BCUT2D eigenvalue weighted by Crippen LogP contribution is 2.39. The highest BCUT2D eigenvalue weighted by molar-refractivity contribution is 4.88. The first-order valence-corrected chi connectivity index (χ1v) is 7.38. The van der Waals surface area contributed by atoms with Gasteiger partial charge < -0.3 is 10.2 Å². The number of hydrogen-bond donors (Lipinski definition) is 1. The topological polar surface area (TPSA) is 15.3 Å². The van der Waals surface area contributed by atoms with Crippen LogP contribution in [0.4, 0.5) is 0 Å². The van der Waals surface area contributed by atoms with Crippen molar-refractivity contribution in [2.45, 2.75) is 40.0 Å². The Balaban J connectivity index is 1.78. The summed E-state index contributed by atoms with van der Waals surface area (Å²) in [5.41, 5.74) is 0.459. The third kappa shape index (κ3) is 3.69. The van der Waals surface area contributed by atoms with Crippen molar-refractivity contribution in [2.24, 2.45) is 23.2 Å². The molecule has 1 heterocycles. The lowest BCUT2D eigenvalue weighted by Crippen LogP contribution is -2.44. The minimum absolute atomic E-state index is 0.459.